The standard InChI is InChI=1S/C18H16FN3O2S/c1-12(24-15-10-6-9-14(19)11-15)17(23)22(2)18-21-20-16(25-18)13-7-4-3-5-8-13/h3-12H,1-2H3/t12-/m1/s1. The third kappa shape index (κ3) is 4.00. The molecule has 0 radical (unpaired) electrons. The number of benzene rings is 2. The topological polar surface area (TPSA) is 55.3 Å². The number of nitrogens with zero attached hydrogens (tertiary/aromatic N) is 3. The fourth-order valence-corrected chi connectivity index (χ4v) is 3.03. The lowest BCUT2D eigenvalue weighted by molar-refractivity contribution is -0.124. The second-order valence-corrected chi connectivity index (χ2v) is 6.33. The Morgan fingerprint density at radius 2 is 1.92 bits per heavy atom. The zero-order chi connectivity index (χ0) is 17.8. The number of halogens is 1. The summed E-state index contributed by atoms with van der Waals surface area (Å²) < 4.78 is 18.7. The van der Waals surface area contributed by atoms with Gasteiger partial charge in [-0.15, -0.1) is 10.2 Å². The van der Waals surface area contributed by atoms with E-state index >= 15 is 0 Å². The van der Waals surface area contributed by atoms with E-state index in [0.29, 0.717) is 10.9 Å². The zero-order valence-electron chi connectivity index (χ0n) is 13.7. The van der Waals surface area contributed by atoms with Crippen LogP contribution in [0.25, 0.3) is 10.6 Å². The van der Waals surface area contributed by atoms with Crippen molar-refractivity contribution in [2.45, 2.75) is 13.0 Å². The number of ether oxygens (including phenoxy) is 1. The number of carbonyl (C=O) groups is 1. The molecule has 0 saturated heterocycles. The Morgan fingerprint density at radius 3 is 2.64 bits per heavy atom. The molecule has 1 atom stereocenters. The van der Waals surface area contributed by atoms with E-state index in [1.807, 2.05) is 30.3 Å². The third-order valence-corrected chi connectivity index (χ3v) is 4.56. The van der Waals surface area contributed by atoms with Crippen LogP contribution >= 0.6 is 11.3 Å². The van der Waals surface area contributed by atoms with Crippen molar-refractivity contribution in [3.8, 4) is 16.3 Å². The summed E-state index contributed by atoms with van der Waals surface area (Å²) in [6.07, 6.45) is -0.782. The van der Waals surface area contributed by atoms with E-state index in [0.717, 1.165) is 10.6 Å². The molecule has 3 rings (SSSR count). The highest BCUT2D eigenvalue weighted by Gasteiger charge is 2.23. The molecule has 1 amide bonds. The Morgan fingerprint density at radius 1 is 1.16 bits per heavy atom. The molecular formula is C18H16FN3O2S. The van der Waals surface area contributed by atoms with Gasteiger partial charge < -0.3 is 4.74 Å². The molecule has 0 N–H and O–H groups in total. The van der Waals surface area contributed by atoms with Crippen molar-refractivity contribution in [1.82, 2.24) is 10.2 Å². The summed E-state index contributed by atoms with van der Waals surface area (Å²) in [5, 5.41) is 9.41. The molecule has 2 aromatic carbocycles. The van der Waals surface area contributed by atoms with Crippen LogP contribution in [0, 0.1) is 5.82 Å². The Labute approximate surface area is 148 Å². The van der Waals surface area contributed by atoms with Crippen LogP contribution in [-0.2, 0) is 4.79 Å². The van der Waals surface area contributed by atoms with Gasteiger partial charge in [0, 0.05) is 18.7 Å². The molecule has 1 heterocycles. The first-order chi connectivity index (χ1) is 12.0. The molecule has 0 spiro atoms. The van der Waals surface area contributed by atoms with Gasteiger partial charge in [-0.25, -0.2) is 4.39 Å². The molecule has 25 heavy (non-hydrogen) atoms. The summed E-state index contributed by atoms with van der Waals surface area (Å²) in [4.78, 5) is 13.9. The van der Waals surface area contributed by atoms with E-state index in [2.05, 4.69) is 10.2 Å². The average Bonchev–Trinajstić information content (AvgIpc) is 3.11. The lowest BCUT2D eigenvalue weighted by Crippen LogP contribution is -2.38. The monoisotopic (exact) mass is 357 g/mol. The van der Waals surface area contributed by atoms with Crippen LogP contribution in [0.4, 0.5) is 9.52 Å². The van der Waals surface area contributed by atoms with Crippen LogP contribution in [0.2, 0.25) is 0 Å². The minimum Gasteiger partial charge on any atom is -0.481 e. The van der Waals surface area contributed by atoms with E-state index in [9.17, 15) is 9.18 Å². The molecule has 5 nitrogen and oxygen atoms in total. The molecule has 7 heteroatoms. The molecule has 0 fully saturated rings. The molecule has 0 aliphatic rings. The van der Waals surface area contributed by atoms with Gasteiger partial charge in [-0.1, -0.05) is 47.7 Å². The number of amides is 1. The van der Waals surface area contributed by atoms with Crippen LogP contribution in [0.3, 0.4) is 0 Å². The lowest BCUT2D eigenvalue weighted by atomic mass is 10.2. The van der Waals surface area contributed by atoms with Gasteiger partial charge in [0.05, 0.1) is 0 Å². The molecule has 0 aliphatic heterocycles. The van der Waals surface area contributed by atoms with Gasteiger partial charge in [0.1, 0.15) is 16.6 Å². The van der Waals surface area contributed by atoms with E-state index in [1.54, 1.807) is 20.0 Å². The lowest BCUT2D eigenvalue weighted by Gasteiger charge is -2.19. The Balaban J connectivity index is 1.71. The first kappa shape index (κ1) is 17.0. The van der Waals surface area contributed by atoms with Crippen molar-refractivity contribution in [2.24, 2.45) is 0 Å². The predicted octanol–water partition coefficient (Wildman–Crippen LogP) is 3.77. The molecule has 1 aromatic heterocycles. The van der Waals surface area contributed by atoms with Crippen molar-refractivity contribution < 1.29 is 13.9 Å². The van der Waals surface area contributed by atoms with Gasteiger partial charge in [0.25, 0.3) is 5.91 Å². The Bertz CT molecular complexity index is 870. The van der Waals surface area contributed by atoms with E-state index < -0.39 is 11.9 Å². The minimum atomic E-state index is -0.782. The van der Waals surface area contributed by atoms with Gasteiger partial charge in [-0.2, -0.15) is 0 Å². The van der Waals surface area contributed by atoms with Gasteiger partial charge >= 0.3 is 0 Å². The minimum absolute atomic E-state index is 0.292. The van der Waals surface area contributed by atoms with Crippen molar-refractivity contribution in [3.63, 3.8) is 0 Å². The summed E-state index contributed by atoms with van der Waals surface area (Å²) >= 11 is 1.32. The number of carbonyl (C=O) groups excluding carboxylic acids is 1. The summed E-state index contributed by atoms with van der Waals surface area (Å²) in [5.74, 6) is -0.404. The number of anilines is 1. The highest BCUT2D eigenvalue weighted by molar-refractivity contribution is 7.18. The molecule has 0 unspecified atom stereocenters. The maximum atomic E-state index is 13.2. The summed E-state index contributed by atoms with van der Waals surface area (Å²) in [6.45, 7) is 1.61. The number of hydrogen-bond acceptors (Lipinski definition) is 5. The van der Waals surface area contributed by atoms with Crippen molar-refractivity contribution in [2.75, 3.05) is 11.9 Å². The van der Waals surface area contributed by atoms with Crippen LogP contribution in [0.1, 0.15) is 6.92 Å². The molecule has 0 saturated carbocycles. The van der Waals surface area contributed by atoms with E-state index in [1.165, 1.54) is 34.4 Å². The smallest absolute Gasteiger partial charge is 0.269 e. The van der Waals surface area contributed by atoms with Crippen LogP contribution < -0.4 is 9.64 Å². The maximum Gasteiger partial charge on any atom is 0.269 e. The SMILES string of the molecule is C[C@@H](Oc1cccc(F)c1)C(=O)N(C)c1nnc(-c2ccccc2)s1. The number of rotatable bonds is 5. The summed E-state index contributed by atoms with van der Waals surface area (Å²) in [5.41, 5.74) is 0.941. The maximum absolute atomic E-state index is 13.2. The van der Waals surface area contributed by atoms with E-state index in [-0.39, 0.29) is 5.91 Å². The first-order valence-electron chi connectivity index (χ1n) is 7.63. The molecular weight excluding hydrogens is 341 g/mol. The second kappa shape index (κ2) is 7.40. The van der Waals surface area contributed by atoms with Crippen molar-refractivity contribution in [1.29, 1.82) is 0 Å². The third-order valence-electron chi connectivity index (χ3n) is 3.51. The normalized spacial score (nSPS) is 11.8. The average molecular weight is 357 g/mol. The predicted molar refractivity (Wildman–Crippen MR) is 95.2 cm³/mol. The Kier molecular flexibility index (Phi) is 5.04. The van der Waals surface area contributed by atoms with Gasteiger partial charge in [0.15, 0.2) is 6.10 Å². The Hall–Kier alpha value is -2.80. The number of aromatic nitrogens is 2. The largest absolute Gasteiger partial charge is 0.481 e. The van der Waals surface area contributed by atoms with Gasteiger partial charge in [-0.3, -0.25) is 9.69 Å². The first-order valence-corrected chi connectivity index (χ1v) is 8.45. The van der Waals surface area contributed by atoms with Crippen molar-refractivity contribution >= 4 is 22.4 Å². The number of likely N-dealkylation sites (N-methyl/N-ethyl adjacent to an activating group) is 1. The van der Waals surface area contributed by atoms with E-state index in [4.69, 9.17) is 4.74 Å². The highest BCUT2D eigenvalue weighted by atomic mass is 32.1. The van der Waals surface area contributed by atoms with Gasteiger partial charge in [0.2, 0.25) is 5.13 Å². The van der Waals surface area contributed by atoms with Crippen LogP contribution in [0.15, 0.2) is 54.6 Å². The molecule has 128 valence electrons. The molecule has 0 bridgehead atoms. The number of hydrogen-bond donors (Lipinski definition) is 0. The second-order valence-electron chi connectivity index (χ2n) is 5.37. The molecule has 3 aromatic rings. The quantitative estimate of drug-likeness (QED) is 0.697. The van der Waals surface area contributed by atoms with Crippen molar-refractivity contribution in [3.05, 3.63) is 60.4 Å². The summed E-state index contributed by atoms with van der Waals surface area (Å²) in [6, 6.07) is 15.3. The fourth-order valence-electron chi connectivity index (χ4n) is 2.21. The zero-order valence-corrected chi connectivity index (χ0v) is 14.5. The highest BCUT2D eigenvalue weighted by Crippen LogP contribution is 2.28. The summed E-state index contributed by atoms with van der Waals surface area (Å²) in [7, 11) is 1.61. The van der Waals surface area contributed by atoms with Crippen LogP contribution in [-0.4, -0.2) is 29.3 Å². The fraction of sp³-hybridized carbons (Fsp3) is 0.167. The molecule has 0 aliphatic carbocycles. The van der Waals surface area contributed by atoms with Crippen LogP contribution in [0.5, 0.6) is 5.75 Å². The van der Waals surface area contributed by atoms with Gasteiger partial charge in [-0.05, 0) is 19.1 Å².